The lowest BCUT2D eigenvalue weighted by molar-refractivity contribution is 0.0696. The first kappa shape index (κ1) is 17.3. The fourth-order valence-electron chi connectivity index (χ4n) is 2.48. The summed E-state index contributed by atoms with van der Waals surface area (Å²) in [5.74, 6) is -0.681. The van der Waals surface area contributed by atoms with Crippen LogP contribution < -0.4 is 5.32 Å². The maximum absolute atomic E-state index is 12.3. The summed E-state index contributed by atoms with van der Waals surface area (Å²) in [6, 6.07) is 10.0. The highest BCUT2D eigenvalue weighted by atomic mass is 16.4. The number of carboxylic acids is 1. The molecule has 0 saturated carbocycles. The van der Waals surface area contributed by atoms with Crippen LogP contribution in [-0.2, 0) is 19.9 Å². The van der Waals surface area contributed by atoms with E-state index in [1.807, 2.05) is 29.8 Å². The van der Waals surface area contributed by atoms with Gasteiger partial charge >= 0.3 is 5.97 Å². The van der Waals surface area contributed by atoms with E-state index < -0.39 is 11.9 Å². The number of carbonyl (C=O) groups excluding carboxylic acids is 1. The highest BCUT2D eigenvalue weighted by Crippen LogP contribution is 2.14. The van der Waals surface area contributed by atoms with Gasteiger partial charge in [-0.2, -0.15) is 0 Å². The number of hydrogen-bond acceptors (Lipinski definition) is 5. The van der Waals surface area contributed by atoms with E-state index in [2.05, 4.69) is 20.5 Å². The summed E-state index contributed by atoms with van der Waals surface area (Å²) in [6.07, 6.45) is 4.44. The zero-order valence-corrected chi connectivity index (χ0v) is 14.1. The van der Waals surface area contributed by atoms with Gasteiger partial charge in [-0.3, -0.25) is 9.78 Å². The maximum Gasteiger partial charge on any atom is 0.335 e. The van der Waals surface area contributed by atoms with E-state index in [1.165, 1.54) is 18.3 Å². The molecule has 0 fully saturated rings. The average molecular weight is 351 g/mol. The Hall–Kier alpha value is -3.55. The third-order valence-electron chi connectivity index (χ3n) is 3.87. The molecule has 0 aliphatic carbocycles. The van der Waals surface area contributed by atoms with Crippen molar-refractivity contribution in [2.24, 2.45) is 7.05 Å². The quantitative estimate of drug-likeness (QED) is 0.702. The SMILES string of the molecule is Cn1cnnc1CCc1cccc(NC(=O)c2cc(C(=O)O)ccn2)c1. The number of pyridine rings is 1. The second kappa shape index (κ2) is 7.56. The Bertz CT molecular complexity index is 951. The second-order valence-electron chi connectivity index (χ2n) is 5.75. The molecule has 0 saturated heterocycles. The molecular formula is C18H17N5O3. The molecule has 0 aliphatic heterocycles. The van der Waals surface area contributed by atoms with Crippen LogP contribution in [0.4, 0.5) is 5.69 Å². The van der Waals surface area contributed by atoms with E-state index in [0.29, 0.717) is 5.69 Å². The lowest BCUT2D eigenvalue weighted by Crippen LogP contribution is -2.14. The van der Waals surface area contributed by atoms with Crippen molar-refractivity contribution in [2.75, 3.05) is 5.32 Å². The van der Waals surface area contributed by atoms with Gasteiger partial charge in [-0.1, -0.05) is 12.1 Å². The second-order valence-corrected chi connectivity index (χ2v) is 5.75. The third-order valence-corrected chi connectivity index (χ3v) is 3.87. The number of anilines is 1. The van der Waals surface area contributed by atoms with E-state index in [4.69, 9.17) is 5.11 Å². The minimum absolute atomic E-state index is 0.0163. The molecule has 3 rings (SSSR count). The fourth-order valence-corrected chi connectivity index (χ4v) is 2.48. The molecule has 2 N–H and O–H groups in total. The van der Waals surface area contributed by atoms with E-state index >= 15 is 0 Å². The van der Waals surface area contributed by atoms with Gasteiger partial charge < -0.3 is 15.0 Å². The summed E-state index contributed by atoms with van der Waals surface area (Å²) in [5, 5.41) is 19.6. The van der Waals surface area contributed by atoms with Crippen LogP contribution in [0.1, 0.15) is 32.2 Å². The summed E-state index contributed by atoms with van der Waals surface area (Å²) in [4.78, 5) is 27.2. The van der Waals surface area contributed by atoms with Crippen LogP contribution in [0.2, 0.25) is 0 Å². The highest BCUT2D eigenvalue weighted by molar-refractivity contribution is 6.04. The van der Waals surface area contributed by atoms with E-state index in [9.17, 15) is 9.59 Å². The zero-order chi connectivity index (χ0) is 18.5. The summed E-state index contributed by atoms with van der Waals surface area (Å²) in [7, 11) is 1.89. The number of rotatable bonds is 6. The number of hydrogen-bond donors (Lipinski definition) is 2. The van der Waals surface area contributed by atoms with E-state index in [0.717, 1.165) is 24.2 Å². The first-order valence-electron chi connectivity index (χ1n) is 7.95. The molecule has 1 amide bonds. The van der Waals surface area contributed by atoms with Crippen molar-refractivity contribution in [1.82, 2.24) is 19.7 Å². The van der Waals surface area contributed by atoms with Crippen LogP contribution in [0.25, 0.3) is 0 Å². The Morgan fingerprint density at radius 2 is 2.04 bits per heavy atom. The van der Waals surface area contributed by atoms with Gasteiger partial charge in [0.25, 0.3) is 5.91 Å². The summed E-state index contributed by atoms with van der Waals surface area (Å²) < 4.78 is 1.87. The largest absolute Gasteiger partial charge is 0.478 e. The normalized spacial score (nSPS) is 10.5. The third kappa shape index (κ3) is 4.10. The average Bonchev–Trinajstić information content (AvgIpc) is 3.05. The van der Waals surface area contributed by atoms with Crippen molar-refractivity contribution < 1.29 is 14.7 Å². The summed E-state index contributed by atoms with van der Waals surface area (Å²) in [6.45, 7) is 0. The van der Waals surface area contributed by atoms with Gasteiger partial charge in [0.1, 0.15) is 17.8 Å². The fraction of sp³-hybridized carbons (Fsp3) is 0.167. The topological polar surface area (TPSA) is 110 Å². The van der Waals surface area contributed by atoms with Crippen molar-refractivity contribution in [3.8, 4) is 0 Å². The molecule has 1 aromatic carbocycles. The minimum Gasteiger partial charge on any atom is -0.478 e. The monoisotopic (exact) mass is 351 g/mol. The molecule has 8 nitrogen and oxygen atoms in total. The first-order chi connectivity index (χ1) is 12.5. The number of aromatic nitrogens is 4. The smallest absolute Gasteiger partial charge is 0.335 e. The molecule has 8 heteroatoms. The van der Waals surface area contributed by atoms with Crippen LogP contribution in [0, 0.1) is 0 Å². The van der Waals surface area contributed by atoms with E-state index in [-0.39, 0.29) is 11.3 Å². The Morgan fingerprint density at radius 3 is 2.77 bits per heavy atom. The number of carbonyl (C=O) groups is 2. The number of nitrogens with zero attached hydrogens (tertiary/aromatic N) is 4. The predicted molar refractivity (Wildman–Crippen MR) is 94.0 cm³/mol. The number of amides is 1. The molecule has 0 radical (unpaired) electrons. The Kier molecular flexibility index (Phi) is 5.02. The number of aryl methyl sites for hydroxylation is 3. The standard InChI is InChI=1S/C18H17N5O3/c1-23-11-20-22-16(23)6-5-12-3-2-4-14(9-12)21-17(24)15-10-13(18(25)26)7-8-19-15/h2-4,7-11H,5-6H2,1H3,(H,21,24)(H,25,26). The van der Waals surface area contributed by atoms with Crippen LogP contribution in [0.3, 0.4) is 0 Å². The Labute approximate surface area is 149 Å². The number of aromatic carboxylic acids is 1. The van der Waals surface area contributed by atoms with Crippen molar-refractivity contribution >= 4 is 17.6 Å². The lowest BCUT2D eigenvalue weighted by Gasteiger charge is -2.08. The summed E-state index contributed by atoms with van der Waals surface area (Å²) in [5.41, 5.74) is 1.73. The lowest BCUT2D eigenvalue weighted by atomic mass is 10.1. The van der Waals surface area contributed by atoms with Gasteiger partial charge in [-0.05, 0) is 36.2 Å². The van der Waals surface area contributed by atoms with Crippen LogP contribution in [0.15, 0.2) is 48.9 Å². The molecule has 0 atom stereocenters. The summed E-state index contributed by atoms with van der Waals surface area (Å²) >= 11 is 0. The number of carboxylic acid groups (broad SMARTS) is 1. The van der Waals surface area contributed by atoms with Crippen molar-refractivity contribution in [1.29, 1.82) is 0 Å². The van der Waals surface area contributed by atoms with Crippen LogP contribution in [0.5, 0.6) is 0 Å². The number of nitrogens with one attached hydrogen (secondary N) is 1. The molecule has 26 heavy (non-hydrogen) atoms. The Balaban J connectivity index is 1.68. The highest BCUT2D eigenvalue weighted by Gasteiger charge is 2.11. The van der Waals surface area contributed by atoms with Gasteiger partial charge in [0, 0.05) is 25.4 Å². The molecule has 132 valence electrons. The van der Waals surface area contributed by atoms with Crippen molar-refractivity contribution in [2.45, 2.75) is 12.8 Å². The van der Waals surface area contributed by atoms with Gasteiger partial charge in [0.05, 0.1) is 5.56 Å². The molecule has 2 heterocycles. The van der Waals surface area contributed by atoms with Gasteiger partial charge in [-0.15, -0.1) is 10.2 Å². The molecule has 0 aliphatic rings. The zero-order valence-electron chi connectivity index (χ0n) is 14.1. The first-order valence-corrected chi connectivity index (χ1v) is 7.95. The molecular weight excluding hydrogens is 334 g/mol. The number of benzene rings is 1. The van der Waals surface area contributed by atoms with Gasteiger partial charge in [0.2, 0.25) is 0 Å². The van der Waals surface area contributed by atoms with Crippen molar-refractivity contribution in [3.63, 3.8) is 0 Å². The van der Waals surface area contributed by atoms with Crippen LogP contribution >= 0.6 is 0 Å². The molecule has 0 unspecified atom stereocenters. The Morgan fingerprint density at radius 1 is 1.19 bits per heavy atom. The van der Waals surface area contributed by atoms with Gasteiger partial charge in [0.15, 0.2) is 0 Å². The van der Waals surface area contributed by atoms with E-state index in [1.54, 1.807) is 12.4 Å². The molecule has 3 aromatic rings. The molecule has 2 aromatic heterocycles. The maximum atomic E-state index is 12.3. The molecule has 0 bridgehead atoms. The van der Waals surface area contributed by atoms with Crippen LogP contribution in [-0.4, -0.2) is 36.7 Å². The van der Waals surface area contributed by atoms with Crippen molar-refractivity contribution in [3.05, 3.63) is 71.6 Å². The molecule has 0 spiro atoms. The predicted octanol–water partition coefficient (Wildman–Crippen LogP) is 1.95. The van der Waals surface area contributed by atoms with Gasteiger partial charge in [-0.25, -0.2) is 4.79 Å². The minimum atomic E-state index is -1.10.